The number of ether oxygens (including phenoxy) is 1. The van der Waals surface area contributed by atoms with Crippen LogP contribution in [0.2, 0.25) is 0 Å². The van der Waals surface area contributed by atoms with Gasteiger partial charge in [0.2, 0.25) is 5.79 Å². The fourth-order valence-electron chi connectivity index (χ4n) is 4.57. The lowest BCUT2D eigenvalue weighted by Gasteiger charge is -2.44. The van der Waals surface area contributed by atoms with E-state index in [1.807, 2.05) is 6.92 Å². The summed E-state index contributed by atoms with van der Waals surface area (Å²) in [6.45, 7) is 3.57. The number of hydrogen-bond donors (Lipinski definition) is 2. The Bertz CT molecular complexity index is 553. The maximum absolute atomic E-state index is 14.7. The number of fused-ring (bicyclic) bond motifs is 1. The first-order valence-electron chi connectivity index (χ1n) is 10.6. The highest BCUT2D eigenvalue weighted by Crippen LogP contribution is 2.50. The Morgan fingerprint density at radius 3 is 2.64 bits per heavy atom. The van der Waals surface area contributed by atoms with E-state index in [0.717, 1.165) is 19.3 Å². The van der Waals surface area contributed by atoms with Gasteiger partial charge in [-0.3, -0.25) is 9.59 Å². The molecule has 162 valence electrons. The number of carboxylic acids is 1. The molecule has 5 atom stereocenters. The van der Waals surface area contributed by atoms with Gasteiger partial charge in [-0.2, -0.15) is 0 Å². The highest BCUT2D eigenvalue weighted by molar-refractivity contribution is 5.84. The molecule has 1 aliphatic carbocycles. The Kier molecular flexibility index (Phi) is 7.97. The van der Waals surface area contributed by atoms with Gasteiger partial charge in [-0.05, 0) is 31.1 Å². The Morgan fingerprint density at radius 1 is 1.32 bits per heavy atom. The summed E-state index contributed by atoms with van der Waals surface area (Å²) in [6, 6.07) is 0. The molecule has 2 rings (SSSR count). The summed E-state index contributed by atoms with van der Waals surface area (Å²) < 4.78 is 34.8. The minimum absolute atomic E-state index is 0.0371. The smallest absolute Gasteiger partial charge is 0.303 e. The minimum atomic E-state index is -3.33. The zero-order valence-electron chi connectivity index (χ0n) is 17.0. The first-order valence-corrected chi connectivity index (χ1v) is 10.6. The summed E-state index contributed by atoms with van der Waals surface area (Å²) in [6.07, 6.45) is 3.79. The van der Waals surface area contributed by atoms with Gasteiger partial charge < -0.3 is 14.9 Å². The second-order valence-electron chi connectivity index (χ2n) is 8.69. The van der Waals surface area contributed by atoms with Crippen LogP contribution in [-0.4, -0.2) is 39.8 Å². The number of unbranched alkanes of at least 4 members (excludes halogenated alkanes) is 3. The summed E-state index contributed by atoms with van der Waals surface area (Å²) >= 11 is 0. The maximum atomic E-state index is 14.7. The molecule has 0 radical (unpaired) electrons. The van der Waals surface area contributed by atoms with Crippen molar-refractivity contribution in [3.8, 4) is 0 Å². The Morgan fingerprint density at radius 2 is 2.00 bits per heavy atom. The number of ketones is 1. The molecule has 7 heteroatoms. The number of carboxylic acid groups (broad SMARTS) is 1. The quantitative estimate of drug-likeness (QED) is 0.493. The van der Waals surface area contributed by atoms with E-state index in [4.69, 9.17) is 9.84 Å². The molecule has 2 fully saturated rings. The molecule has 1 heterocycles. The van der Waals surface area contributed by atoms with E-state index in [1.165, 1.54) is 0 Å². The topological polar surface area (TPSA) is 83.8 Å². The summed E-state index contributed by atoms with van der Waals surface area (Å²) in [5, 5.41) is 19.2. The molecule has 0 aromatic rings. The number of aliphatic hydroxyl groups is 1. The number of rotatable bonds is 11. The molecule has 2 N–H and O–H groups in total. The number of aliphatic carboxylic acids is 1. The Balaban J connectivity index is 1.87. The van der Waals surface area contributed by atoms with Crippen molar-refractivity contribution in [1.82, 2.24) is 0 Å². The van der Waals surface area contributed by atoms with Crippen LogP contribution in [0.25, 0.3) is 0 Å². The van der Waals surface area contributed by atoms with Gasteiger partial charge in [-0.15, -0.1) is 0 Å². The average molecular weight is 404 g/mol. The third-order valence-electron chi connectivity index (χ3n) is 6.50. The predicted molar refractivity (Wildman–Crippen MR) is 100 cm³/mol. The van der Waals surface area contributed by atoms with E-state index in [0.29, 0.717) is 25.7 Å². The van der Waals surface area contributed by atoms with Crippen molar-refractivity contribution in [3.05, 3.63) is 0 Å². The van der Waals surface area contributed by atoms with E-state index in [9.17, 15) is 23.5 Å². The molecule has 0 amide bonds. The molecule has 5 nitrogen and oxygen atoms in total. The Hall–Kier alpha value is -1.08. The number of halogens is 2. The normalized spacial score (nSPS) is 31.6. The largest absolute Gasteiger partial charge is 0.481 e. The first kappa shape index (κ1) is 23.2. The number of hydrogen-bond acceptors (Lipinski definition) is 4. The highest BCUT2D eigenvalue weighted by atomic mass is 19.3. The van der Waals surface area contributed by atoms with Crippen LogP contribution in [0.4, 0.5) is 8.78 Å². The summed E-state index contributed by atoms with van der Waals surface area (Å²) in [5.74, 6) is -7.11. The zero-order valence-corrected chi connectivity index (χ0v) is 17.0. The van der Waals surface area contributed by atoms with E-state index in [2.05, 4.69) is 0 Å². The summed E-state index contributed by atoms with van der Waals surface area (Å²) in [5.41, 5.74) is 0. The van der Waals surface area contributed by atoms with Gasteiger partial charge in [0.15, 0.2) is 0 Å². The van der Waals surface area contributed by atoms with Crippen LogP contribution in [0, 0.1) is 17.8 Å². The van der Waals surface area contributed by atoms with Gasteiger partial charge in [0.1, 0.15) is 5.78 Å². The number of carbonyl (C=O) groups excluding carboxylic acids is 1. The lowest BCUT2D eigenvalue weighted by molar-refractivity contribution is -0.358. The highest BCUT2D eigenvalue weighted by Gasteiger charge is 2.60. The van der Waals surface area contributed by atoms with Crippen LogP contribution < -0.4 is 0 Å². The van der Waals surface area contributed by atoms with Gasteiger partial charge in [0.05, 0.1) is 6.10 Å². The van der Waals surface area contributed by atoms with Crippen LogP contribution in [-0.2, 0) is 14.3 Å². The molecule has 0 aromatic heterocycles. The van der Waals surface area contributed by atoms with Crippen LogP contribution in [0.5, 0.6) is 0 Å². The van der Waals surface area contributed by atoms with E-state index < -0.39 is 30.2 Å². The van der Waals surface area contributed by atoms with Crippen LogP contribution in [0.1, 0.15) is 84.5 Å². The van der Waals surface area contributed by atoms with Crippen molar-refractivity contribution in [2.24, 2.45) is 17.8 Å². The lowest BCUT2D eigenvalue weighted by Crippen LogP contribution is -2.56. The van der Waals surface area contributed by atoms with Crippen LogP contribution >= 0.6 is 0 Å². The average Bonchev–Trinajstić information content (AvgIpc) is 2.91. The first-order chi connectivity index (χ1) is 13.1. The lowest BCUT2D eigenvalue weighted by atomic mass is 9.81. The second-order valence-corrected chi connectivity index (χ2v) is 8.69. The van der Waals surface area contributed by atoms with E-state index >= 15 is 0 Å². The van der Waals surface area contributed by atoms with E-state index in [-0.39, 0.29) is 42.8 Å². The molecule has 1 saturated heterocycles. The second kappa shape index (κ2) is 9.61. The van der Waals surface area contributed by atoms with Crippen molar-refractivity contribution >= 4 is 11.8 Å². The molecule has 0 bridgehead atoms. The molecule has 0 aromatic carbocycles. The van der Waals surface area contributed by atoms with Gasteiger partial charge in [-0.25, -0.2) is 8.78 Å². The molecule has 1 aliphatic heterocycles. The standard InChI is InChI=1S/C21H34F2O5/c1-3-14(2)13-20(22,23)21(27)11-10-16-15(17(24)12-18(16)28-21)8-6-4-5-7-9-19(25)26/h14-16,18,27H,3-13H2,1-2H3,(H,25,26)/t14-,15?,16+,18?,21?/m0/s1. The fourth-order valence-corrected chi connectivity index (χ4v) is 4.57. The third-order valence-corrected chi connectivity index (χ3v) is 6.50. The van der Waals surface area contributed by atoms with Gasteiger partial charge in [0.25, 0.3) is 0 Å². The Labute approximate surface area is 165 Å². The molecular formula is C21H34F2O5. The van der Waals surface area contributed by atoms with E-state index in [1.54, 1.807) is 6.92 Å². The van der Waals surface area contributed by atoms with Crippen LogP contribution in [0.15, 0.2) is 0 Å². The fraction of sp³-hybridized carbons (Fsp3) is 0.905. The van der Waals surface area contributed by atoms with Crippen molar-refractivity contribution in [3.63, 3.8) is 0 Å². The third kappa shape index (κ3) is 5.50. The van der Waals surface area contributed by atoms with Crippen molar-refractivity contribution < 1.29 is 33.3 Å². The molecule has 2 aliphatic rings. The summed E-state index contributed by atoms with van der Waals surface area (Å²) in [7, 11) is 0. The minimum Gasteiger partial charge on any atom is -0.481 e. The van der Waals surface area contributed by atoms with Gasteiger partial charge in [0, 0.05) is 31.6 Å². The van der Waals surface area contributed by atoms with Gasteiger partial charge in [-0.1, -0.05) is 39.5 Å². The van der Waals surface area contributed by atoms with Crippen molar-refractivity contribution in [2.75, 3.05) is 0 Å². The number of carbonyl (C=O) groups is 2. The monoisotopic (exact) mass is 404 g/mol. The number of Topliss-reactive ketones (excluding diaryl/α,β-unsaturated/α-hetero) is 1. The number of alkyl halides is 2. The molecular weight excluding hydrogens is 370 g/mol. The molecule has 0 spiro atoms. The molecule has 28 heavy (non-hydrogen) atoms. The maximum Gasteiger partial charge on any atom is 0.303 e. The van der Waals surface area contributed by atoms with Crippen molar-refractivity contribution in [2.45, 2.75) is 102 Å². The predicted octanol–water partition coefficient (Wildman–Crippen LogP) is 4.56. The zero-order chi connectivity index (χ0) is 20.9. The summed E-state index contributed by atoms with van der Waals surface area (Å²) in [4.78, 5) is 22.9. The van der Waals surface area contributed by atoms with Crippen molar-refractivity contribution in [1.29, 1.82) is 0 Å². The SMILES string of the molecule is CC[C@H](C)CC(F)(F)C1(O)CC[C@H]2C(CC(=O)C2CCCCCCC(=O)O)O1. The van der Waals surface area contributed by atoms with Gasteiger partial charge >= 0.3 is 11.9 Å². The molecule has 1 saturated carbocycles. The molecule has 3 unspecified atom stereocenters. The van der Waals surface area contributed by atoms with Crippen LogP contribution in [0.3, 0.4) is 0 Å².